The van der Waals surface area contributed by atoms with Crippen molar-refractivity contribution in [2.75, 3.05) is 13.2 Å². The highest BCUT2D eigenvalue weighted by atomic mass is 16.5. The monoisotopic (exact) mass is 602 g/mol. The fourth-order valence-electron chi connectivity index (χ4n) is 5.17. The Hall–Kier alpha value is -3.34. The third-order valence-electron chi connectivity index (χ3n) is 8.31. The molecule has 44 heavy (non-hydrogen) atoms. The maximum atomic E-state index is 12.8. The smallest absolute Gasteiger partial charge is 0.343 e. The molecular weight excluding hydrogens is 548 g/mol. The van der Waals surface area contributed by atoms with Gasteiger partial charge in [-0.3, -0.25) is 0 Å². The zero-order valence-corrected chi connectivity index (χ0v) is 27.4. The second-order valence-corrected chi connectivity index (χ2v) is 12.2. The molecule has 0 saturated heterocycles. The van der Waals surface area contributed by atoms with E-state index >= 15 is 0 Å². The summed E-state index contributed by atoms with van der Waals surface area (Å²) in [5.74, 6) is 0.725. The van der Waals surface area contributed by atoms with E-state index in [0.717, 1.165) is 36.0 Å². The van der Waals surface area contributed by atoms with Crippen molar-refractivity contribution in [2.24, 2.45) is 5.92 Å². The molecule has 0 radical (unpaired) electrons. The predicted octanol–water partition coefficient (Wildman–Crippen LogP) is 11.1. The molecule has 0 unspecified atom stereocenters. The van der Waals surface area contributed by atoms with E-state index < -0.39 is 5.97 Å². The lowest BCUT2D eigenvalue weighted by molar-refractivity contribution is 0.0447. The van der Waals surface area contributed by atoms with E-state index in [9.17, 15) is 9.59 Å². The van der Waals surface area contributed by atoms with Gasteiger partial charge in [-0.15, -0.1) is 0 Å². The maximum Gasteiger partial charge on any atom is 0.343 e. The highest BCUT2D eigenvalue weighted by Crippen LogP contribution is 2.24. The molecule has 240 valence electrons. The van der Waals surface area contributed by atoms with Crippen LogP contribution in [0.2, 0.25) is 0 Å². The minimum Gasteiger partial charge on any atom is -0.494 e. The van der Waals surface area contributed by atoms with Gasteiger partial charge in [0.05, 0.1) is 24.3 Å². The molecule has 0 aromatic heterocycles. The number of rotatable bonds is 22. The van der Waals surface area contributed by atoms with E-state index in [1.54, 1.807) is 30.3 Å². The van der Waals surface area contributed by atoms with Crippen LogP contribution >= 0.6 is 0 Å². The Morgan fingerprint density at radius 2 is 1.11 bits per heavy atom. The number of carbonyl (C=O) groups excluding carboxylic acids is 2. The molecule has 3 aromatic rings. The van der Waals surface area contributed by atoms with Crippen LogP contribution in [0, 0.1) is 5.92 Å². The summed E-state index contributed by atoms with van der Waals surface area (Å²) < 4.78 is 16.9. The first kappa shape index (κ1) is 35.1. The summed E-state index contributed by atoms with van der Waals surface area (Å²) in [6, 6.07) is 17.9. The number of esters is 2. The van der Waals surface area contributed by atoms with Crippen LogP contribution in [0.3, 0.4) is 0 Å². The molecule has 0 aliphatic rings. The van der Waals surface area contributed by atoms with Gasteiger partial charge in [0.25, 0.3) is 0 Å². The first-order valence-corrected chi connectivity index (χ1v) is 17.2. The zero-order chi connectivity index (χ0) is 31.4. The van der Waals surface area contributed by atoms with E-state index in [0.29, 0.717) is 29.4 Å². The molecule has 0 aliphatic carbocycles. The fraction of sp³-hybridized carbons (Fsp3) is 0.538. The van der Waals surface area contributed by atoms with Crippen LogP contribution in [-0.2, 0) is 4.74 Å². The van der Waals surface area contributed by atoms with Crippen molar-refractivity contribution in [3.8, 4) is 11.5 Å². The Balaban J connectivity index is 1.32. The third kappa shape index (κ3) is 13.1. The van der Waals surface area contributed by atoms with Gasteiger partial charge in [-0.05, 0) is 71.6 Å². The molecule has 0 aliphatic heterocycles. The summed E-state index contributed by atoms with van der Waals surface area (Å²) in [4.78, 5) is 25.0. The van der Waals surface area contributed by atoms with Crippen molar-refractivity contribution in [1.29, 1.82) is 0 Å². The average molecular weight is 603 g/mol. The van der Waals surface area contributed by atoms with Crippen molar-refractivity contribution in [3.05, 3.63) is 71.8 Å². The molecule has 0 amide bonds. The summed E-state index contributed by atoms with van der Waals surface area (Å²) in [5.41, 5.74) is 0.895. The van der Waals surface area contributed by atoms with E-state index in [-0.39, 0.29) is 5.97 Å². The molecule has 3 rings (SSSR count). The van der Waals surface area contributed by atoms with Gasteiger partial charge in [-0.2, -0.15) is 0 Å². The first-order valence-electron chi connectivity index (χ1n) is 17.2. The van der Waals surface area contributed by atoms with Crippen LogP contribution in [0.15, 0.2) is 60.7 Å². The Morgan fingerprint density at radius 3 is 1.73 bits per heavy atom. The molecule has 1 atom stereocenters. The molecule has 0 saturated carbocycles. The van der Waals surface area contributed by atoms with Gasteiger partial charge in [0.15, 0.2) is 0 Å². The van der Waals surface area contributed by atoms with Gasteiger partial charge in [0, 0.05) is 0 Å². The number of hydrogen-bond donors (Lipinski definition) is 0. The SMILES string of the molecule is CCCCCCCCCCCCCCCCOc1ccc2cc(C(=O)Oc3ccc(C(=O)OC[C@@H](C)CC)cc3)ccc2c1. The molecule has 0 bridgehead atoms. The summed E-state index contributed by atoms with van der Waals surface area (Å²) in [7, 11) is 0. The summed E-state index contributed by atoms with van der Waals surface area (Å²) >= 11 is 0. The number of hydrogen-bond acceptors (Lipinski definition) is 5. The average Bonchev–Trinajstić information content (AvgIpc) is 3.05. The van der Waals surface area contributed by atoms with Crippen molar-refractivity contribution in [1.82, 2.24) is 0 Å². The zero-order valence-electron chi connectivity index (χ0n) is 27.4. The maximum absolute atomic E-state index is 12.8. The van der Waals surface area contributed by atoms with E-state index in [2.05, 4.69) is 13.8 Å². The molecule has 5 nitrogen and oxygen atoms in total. The minimum absolute atomic E-state index is 0.319. The molecule has 3 aromatic carbocycles. The molecule has 0 heterocycles. The van der Waals surface area contributed by atoms with Crippen molar-refractivity contribution in [3.63, 3.8) is 0 Å². The fourth-order valence-corrected chi connectivity index (χ4v) is 5.17. The summed E-state index contributed by atoms with van der Waals surface area (Å²) in [5, 5.41) is 1.96. The minimum atomic E-state index is -0.447. The van der Waals surface area contributed by atoms with Crippen molar-refractivity contribution < 1.29 is 23.8 Å². The third-order valence-corrected chi connectivity index (χ3v) is 8.31. The van der Waals surface area contributed by atoms with Gasteiger partial charge < -0.3 is 14.2 Å². The molecular formula is C39H54O5. The first-order chi connectivity index (χ1) is 21.5. The molecule has 0 N–H and O–H groups in total. The lowest BCUT2D eigenvalue weighted by Gasteiger charge is -2.10. The topological polar surface area (TPSA) is 61.8 Å². The van der Waals surface area contributed by atoms with Crippen LogP contribution in [0.1, 0.15) is 138 Å². The highest BCUT2D eigenvalue weighted by molar-refractivity contribution is 5.97. The summed E-state index contributed by atoms with van der Waals surface area (Å²) in [6.45, 7) is 7.49. The van der Waals surface area contributed by atoms with E-state index in [1.165, 1.54) is 83.5 Å². The number of carbonyl (C=O) groups is 2. The van der Waals surface area contributed by atoms with Crippen LogP contribution < -0.4 is 9.47 Å². The van der Waals surface area contributed by atoms with Crippen molar-refractivity contribution >= 4 is 22.7 Å². The number of unbranched alkanes of at least 4 members (excludes halogenated alkanes) is 13. The second-order valence-electron chi connectivity index (χ2n) is 12.2. The Labute approximate surface area is 265 Å². The Bertz CT molecular complexity index is 1250. The van der Waals surface area contributed by atoms with E-state index in [1.807, 2.05) is 37.3 Å². The second kappa shape index (κ2) is 20.6. The molecule has 5 heteroatoms. The van der Waals surface area contributed by atoms with Crippen LogP contribution in [-0.4, -0.2) is 25.2 Å². The van der Waals surface area contributed by atoms with Gasteiger partial charge in [-0.25, -0.2) is 9.59 Å². The Morgan fingerprint density at radius 1 is 0.591 bits per heavy atom. The quantitative estimate of drug-likeness (QED) is 0.0650. The van der Waals surface area contributed by atoms with Crippen LogP contribution in [0.25, 0.3) is 10.8 Å². The molecule has 0 fully saturated rings. The van der Waals surface area contributed by atoms with Crippen LogP contribution in [0.5, 0.6) is 11.5 Å². The largest absolute Gasteiger partial charge is 0.494 e. The number of benzene rings is 3. The van der Waals surface area contributed by atoms with Crippen molar-refractivity contribution in [2.45, 2.75) is 117 Å². The van der Waals surface area contributed by atoms with Gasteiger partial charge in [-0.1, -0.05) is 123 Å². The molecule has 0 spiro atoms. The normalized spacial score (nSPS) is 11.8. The highest BCUT2D eigenvalue weighted by Gasteiger charge is 2.13. The predicted molar refractivity (Wildman–Crippen MR) is 181 cm³/mol. The number of fused-ring (bicyclic) bond motifs is 1. The van der Waals surface area contributed by atoms with Gasteiger partial charge in [0.2, 0.25) is 0 Å². The standard InChI is InChI=1S/C39H54O5/c1-4-6-7-8-9-10-11-12-13-14-15-16-17-18-27-42-37-26-23-33-28-35(20-19-34(33)29-37)39(41)44-36-24-21-32(22-25-36)38(40)43-30-31(3)5-2/h19-26,28-29,31H,4-18,27,30H2,1-3H3/t31-/m0/s1. The lowest BCUT2D eigenvalue weighted by atomic mass is 10.0. The van der Waals surface area contributed by atoms with Gasteiger partial charge in [0.1, 0.15) is 11.5 Å². The Kier molecular flexibility index (Phi) is 16.4. The van der Waals surface area contributed by atoms with Gasteiger partial charge >= 0.3 is 11.9 Å². The van der Waals surface area contributed by atoms with Crippen LogP contribution in [0.4, 0.5) is 0 Å². The lowest BCUT2D eigenvalue weighted by Crippen LogP contribution is -2.12. The summed E-state index contributed by atoms with van der Waals surface area (Å²) in [6.07, 6.45) is 19.8. The number of ether oxygens (including phenoxy) is 3. The van der Waals surface area contributed by atoms with E-state index in [4.69, 9.17) is 14.2 Å².